The van der Waals surface area contributed by atoms with Gasteiger partial charge in [0.2, 0.25) is 12.7 Å². The van der Waals surface area contributed by atoms with Crippen molar-refractivity contribution in [2.24, 2.45) is 0 Å². The van der Waals surface area contributed by atoms with E-state index < -0.39 is 23.6 Å². The molecular formula is C25H18N2O6S. The van der Waals surface area contributed by atoms with Crippen molar-refractivity contribution in [2.75, 3.05) is 18.7 Å². The highest BCUT2D eigenvalue weighted by atomic mass is 32.2. The van der Waals surface area contributed by atoms with E-state index in [4.69, 9.17) is 14.2 Å². The fourth-order valence-electron chi connectivity index (χ4n) is 3.40. The first-order valence-corrected chi connectivity index (χ1v) is 11.1. The predicted molar refractivity (Wildman–Crippen MR) is 127 cm³/mol. The van der Waals surface area contributed by atoms with Gasteiger partial charge in [-0.2, -0.15) is 0 Å². The number of ether oxygens (including phenoxy) is 3. The maximum atomic E-state index is 12.8. The maximum absolute atomic E-state index is 12.8. The highest BCUT2D eigenvalue weighted by Gasteiger charge is 2.36. The minimum Gasteiger partial charge on any atom is -0.457 e. The highest BCUT2D eigenvalue weighted by Crippen LogP contribution is 2.35. The van der Waals surface area contributed by atoms with Gasteiger partial charge in [-0.1, -0.05) is 30.3 Å². The Bertz CT molecular complexity index is 1310. The lowest BCUT2D eigenvalue weighted by molar-refractivity contribution is -0.127. The topological polar surface area (TPSA) is 94.2 Å². The third-order valence-electron chi connectivity index (χ3n) is 4.97. The van der Waals surface area contributed by atoms with Crippen LogP contribution >= 0.6 is 11.8 Å². The lowest BCUT2D eigenvalue weighted by Crippen LogP contribution is -2.36. The normalized spacial score (nSPS) is 15.6. The minimum absolute atomic E-state index is 0.122. The average molecular weight is 474 g/mol. The third-order valence-corrected chi connectivity index (χ3v) is 5.87. The summed E-state index contributed by atoms with van der Waals surface area (Å²) in [5.41, 5.74) is 1.18. The second-order valence-electron chi connectivity index (χ2n) is 7.37. The van der Waals surface area contributed by atoms with Gasteiger partial charge < -0.3 is 19.5 Å². The van der Waals surface area contributed by atoms with E-state index in [1.165, 1.54) is 0 Å². The number of carbonyl (C=O) groups is 3. The molecule has 2 aliphatic rings. The molecule has 0 spiro atoms. The van der Waals surface area contributed by atoms with Crippen LogP contribution in [0.15, 0.2) is 77.7 Å². The van der Waals surface area contributed by atoms with Gasteiger partial charge in [-0.25, -0.2) is 0 Å². The molecule has 3 aromatic carbocycles. The van der Waals surface area contributed by atoms with E-state index in [-0.39, 0.29) is 11.7 Å². The Hall–Kier alpha value is -4.24. The molecule has 170 valence electrons. The van der Waals surface area contributed by atoms with Crippen molar-refractivity contribution in [2.45, 2.75) is 0 Å². The minimum atomic E-state index is -0.523. The van der Waals surface area contributed by atoms with Crippen LogP contribution in [0.2, 0.25) is 0 Å². The largest absolute Gasteiger partial charge is 0.457 e. The zero-order valence-corrected chi connectivity index (χ0v) is 18.5. The number of nitrogens with zero attached hydrogens (tertiary/aromatic N) is 1. The summed E-state index contributed by atoms with van der Waals surface area (Å²) in [7, 11) is 0. The van der Waals surface area contributed by atoms with Gasteiger partial charge in [0.1, 0.15) is 18.0 Å². The van der Waals surface area contributed by atoms with Crippen molar-refractivity contribution in [3.05, 3.63) is 83.3 Å². The number of thioether (sulfide) groups is 1. The van der Waals surface area contributed by atoms with Gasteiger partial charge in [-0.15, -0.1) is 0 Å². The molecule has 34 heavy (non-hydrogen) atoms. The van der Waals surface area contributed by atoms with Crippen molar-refractivity contribution in [3.63, 3.8) is 0 Å². The number of hydrogen-bond acceptors (Lipinski definition) is 7. The van der Waals surface area contributed by atoms with Gasteiger partial charge in [0.25, 0.3) is 11.1 Å². The first-order valence-electron chi connectivity index (χ1n) is 10.3. The molecule has 0 radical (unpaired) electrons. The summed E-state index contributed by atoms with van der Waals surface area (Å²) in [5.74, 6) is 1.37. The average Bonchev–Trinajstić information content (AvgIpc) is 3.40. The molecule has 1 fully saturated rings. The summed E-state index contributed by atoms with van der Waals surface area (Å²) in [6, 6.07) is 21.5. The molecule has 3 amide bonds. The zero-order valence-electron chi connectivity index (χ0n) is 17.7. The number of fused-ring (bicyclic) bond motifs is 1. The van der Waals surface area contributed by atoms with Crippen LogP contribution in [-0.2, 0) is 9.59 Å². The van der Waals surface area contributed by atoms with Gasteiger partial charge in [0, 0.05) is 11.8 Å². The molecular weight excluding hydrogens is 456 g/mol. The maximum Gasteiger partial charge on any atom is 0.294 e. The first-order chi connectivity index (χ1) is 16.5. The van der Waals surface area contributed by atoms with Crippen molar-refractivity contribution < 1.29 is 28.6 Å². The van der Waals surface area contributed by atoms with Crippen LogP contribution < -0.4 is 19.5 Å². The van der Waals surface area contributed by atoms with E-state index in [0.29, 0.717) is 34.2 Å². The number of para-hydroxylation sites is 1. The van der Waals surface area contributed by atoms with Gasteiger partial charge in [0.15, 0.2) is 11.5 Å². The molecule has 1 N–H and O–H groups in total. The standard InChI is InChI=1S/C25H18N2O6S/c28-23(26-17-9-10-20-21(13-17)32-15-31-20)14-27-24(29)22(34-25(27)30)12-16-5-4-8-19(11-16)33-18-6-2-1-3-7-18/h1-13H,14-15H2,(H,26,28)/b22-12+. The molecule has 5 rings (SSSR count). The molecule has 2 heterocycles. The fraction of sp³-hybridized carbons (Fsp3) is 0.0800. The molecule has 0 aromatic heterocycles. The second kappa shape index (κ2) is 9.32. The summed E-state index contributed by atoms with van der Waals surface area (Å²) < 4.78 is 16.4. The number of carbonyl (C=O) groups excluding carboxylic acids is 3. The van der Waals surface area contributed by atoms with Gasteiger partial charge in [0.05, 0.1) is 4.91 Å². The Balaban J connectivity index is 1.25. The molecule has 0 aliphatic carbocycles. The zero-order chi connectivity index (χ0) is 23.5. The Kier molecular flexibility index (Phi) is 5.92. The van der Waals surface area contributed by atoms with Crippen molar-refractivity contribution in [3.8, 4) is 23.0 Å². The van der Waals surface area contributed by atoms with E-state index >= 15 is 0 Å². The van der Waals surface area contributed by atoms with E-state index in [2.05, 4.69) is 5.32 Å². The molecule has 1 saturated heterocycles. The molecule has 2 aliphatic heterocycles. The van der Waals surface area contributed by atoms with Crippen LogP contribution in [0.1, 0.15) is 5.56 Å². The van der Waals surface area contributed by atoms with Crippen molar-refractivity contribution in [1.29, 1.82) is 0 Å². The van der Waals surface area contributed by atoms with Gasteiger partial charge in [-0.3, -0.25) is 19.3 Å². The monoisotopic (exact) mass is 474 g/mol. The van der Waals surface area contributed by atoms with E-state index in [1.807, 2.05) is 30.3 Å². The summed E-state index contributed by atoms with van der Waals surface area (Å²) in [6.45, 7) is -0.273. The summed E-state index contributed by atoms with van der Waals surface area (Å²) >= 11 is 0.792. The number of nitrogens with one attached hydrogen (secondary N) is 1. The Morgan fingerprint density at radius 3 is 2.62 bits per heavy atom. The summed E-state index contributed by atoms with van der Waals surface area (Å²) in [5, 5.41) is 2.16. The number of rotatable bonds is 6. The van der Waals surface area contributed by atoms with Crippen LogP contribution in [0.4, 0.5) is 10.5 Å². The van der Waals surface area contributed by atoms with Crippen LogP contribution in [0, 0.1) is 0 Å². The Morgan fingerprint density at radius 1 is 0.971 bits per heavy atom. The molecule has 8 nitrogen and oxygen atoms in total. The highest BCUT2D eigenvalue weighted by molar-refractivity contribution is 8.18. The smallest absolute Gasteiger partial charge is 0.294 e. The quantitative estimate of drug-likeness (QED) is 0.509. The second-order valence-corrected chi connectivity index (χ2v) is 8.36. The van der Waals surface area contributed by atoms with Gasteiger partial charge in [-0.05, 0) is 59.8 Å². The number of hydrogen-bond donors (Lipinski definition) is 1. The van der Waals surface area contributed by atoms with Crippen LogP contribution in [0.3, 0.4) is 0 Å². The number of anilines is 1. The Morgan fingerprint density at radius 2 is 1.76 bits per heavy atom. The predicted octanol–water partition coefficient (Wildman–Crippen LogP) is 4.88. The number of benzene rings is 3. The van der Waals surface area contributed by atoms with E-state index in [9.17, 15) is 14.4 Å². The molecule has 0 saturated carbocycles. The first kappa shape index (κ1) is 21.6. The summed E-state index contributed by atoms with van der Waals surface area (Å²) in [4.78, 5) is 38.8. The van der Waals surface area contributed by atoms with Crippen LogP contribution in [0.25, 0.3) is 6.08 Å². The molecule has 0 bridgehead atoms. The van der Waals surface area contributed by atoms with E-state index in [0.717, 1.165) is 16.7 Å². The SMILES string of the molecule is O=C(CN1C(=O)S/C(=C/c2cccc(Oc3ccccc3)c2)C1=O)Nc1ccc2c(c1)OCO2. The van der Waals surface area contributed by atoms with E-state index in [1.54, 1.807) is 48.5 Å². The number of imide groups is 1. The van der Waals surface area contributed by atoms with Gasteiger partial charge >= 0.3 is 0 Å². The fourth-order valence-corrected chi connectivity index (χ4v) is 4.24. The van der Waals surface area contributed by atoms with Crippen molar-refractivity contribution in [1.82, 2.24) is 4.90 Å². The molecule has 3 aromatic rings. The van der Waals surface area contributed by atoms with Crippen LogP contribution in [-0.4, -0.2) is 35.3 Å². The Labute approximate surface area is 199 Å². The lowest BCUT2D eigenvalue weighted by Gasteiger charge is -2.12. The van der Waals surface area contributed by atoms with Crippen LogP contribution in [0.5, 0.6) is 23.0 Å². The van der Waals surface area contributed by atoms with Crippen molar-refractivity contribution >= 4 is 40.6 Å². The molecule has 0 atom stereocenters. The molecule has 0 unspecified atom stereocenters. The molecule has 9 heteroatoms. The lowest BCUT2D eigenvalue weighted by atomic mass is 10.2. The number of amides is 3. The third kappa shape index (κ3) is 4.74. The summed E-state index contributed by atoms with van der Waals surface area (Å²) in [6.07, 6.45) is 1.61.